The monoisotopic (exact) mass is 443 g/mol. The van der Waals surface area contributed by atoms with Crippen LogP contribution in [0.2, 0.25) is 5.02 Å². The van der Waals surface area contributed by atoms with Gasteiger partial charge in [-0.25, -0.2) is 0 Å². The Bertz CT molecular complexity index is 1030. The maximum absolute atomic E-state index is 13.0. The Morgan fingerprint density at radius 2 is 1.83 bits per heavy atom. The predicted octanol–water partition coefficient (Wildman–Crippen LogP) is 5.54. The maximum Gasteiger partial charge on any atom is 0.191 e. The maximum atomic E-state index is 13.0. The minimum Gasteiger partial charge on any atom is -0.385 e. The molecule has 158 valence electrons. The van der Waals surface area contributed by atoms with E-state index >= 15 is 0 Å². The van der Waals surface area contributed by atoms with Gasteiger partial charge in [-0.3, -0.25) is 4.79 Å². The molecule has 0 radical (unpaired) electrons. The number of Topliss-reactive ketones (excluding diaryl/α,β-unsaturated/α-hetero) is 1. The van der Waals surface area contributed by atoms with Crippen LogP contribution in [0.5, 0.6) is 0 Å². The Morgan fingerprint density at radius 1 is 1.13 bits per heavy atom. The van der Waals surface area contributed by atoms with Crippen LogP contribution in [0.4, 0.5) is 0 Å². The molecule has 1 heterocycles. The van der Waals surface area contributed by atoms with Crippen molar-refractivity contribution in [3.63, 3.8) is 0 Å². The number of aryl methyl sites for hydroxylation is 3. The van der Waals surface area contributed by atoms with Gasteiger partial charge in [-0.2, -0.15) is 0 Å². The standard InChI is InChI=1S/C23H26ClN3O2S/c1-15-12-16(2)21(17(3)13-15)20(28)14-30-23-26-25-22(27(23)10-7-11-29-4)18-8-5-6-9-19(18)24/h5-6,8-9,12-13H,7,10-11,14H2,1-4H3. The van der Waals surface area contributed by atoms with E-state index in [2.05, 4.69) is 10.2 Å². The number of methoxy groups -OCH3 is 1. The summed E-state index contributed by atoms with van der Waals surface area (Å²) in [6, 6.07) is 11.7. The molecule has 0 saturated heterocycles. The highest BCUT2D eigenvalue weighted by atomic mass is 35.5. The van der Waals surface area contributed by atoms with E-state index in [4.69, 9.17) is 16.3 Å². The predicted molar refractivity (Wildman–Crippen MR) is 123 cm³/mol. The largest absolute Gasteiger partial charge is 0.385 e. The average molecular weight is 444 g/mol. The first-order valence-corrected chi connectivity index (χ1v) is 11.2. The van der Waals surface area contributed by atoms with Crippen LogP contribution in [0.3, 0.4) is 0 Å². The molecular formula is C23H26ClN3O2S. The van der Waals surface area contributed by atoms with Gasteiger partial charge in [0, 0.05) is 31.4 Å². The van der Waals surface area contributed by atoms with Crippen LogP contribution in [-0.4, -0.2) is 40.0 Å². The second kappa shape index (κ2) is 10.2. The molecule has 0 saturated carbocycles. The van der Waals surface area contributed by atoms with Crippen molar-refractivity contribution in [1.82, 2.24) is 14.8 Å². The molecule has 0 spiro atoms. The summed E-state index contributed by atoms with van der Waals surface area (Å²) in [5.41, 5.74) is 4.81. The van der Waals surface area contributed by atoms with Gasteiger partial charge < -0.3 is 9.30 Å². The Morgan fingerprint density at radius 3 is 2.50 bits per heavy atom. The highest BCUT2D eigenvalue weighted by Gasteiger charge is 2.19. The van der Waals surface area contributed by atoms with Crippen LogP contribution < -0.4 is 0 Å². The molecule has 0 aliphatic rings. The molecule has 0 amide bonds. The molecule has 0 aliphatic carbocycles. The van der Waals surface area contributed by atoms with Crippen LogP contribution in [0.25, 0.3) is 11.4 Å². The summed E-state index contributed by atoms with van der Waals surface area (Å²) in [6.45, 7) is 7.33. The molecule has 0 N–H and O–H groups in total. The van der Waals surface area contributed by atoms with E-state index in [1.54, 1.807) is 7.11 Å². The van der Waals surface area contributed by atoms with Crippen molar-refractivity contribution in [3.05, 3.63) is 63.7 Å². The molecule has 0 unspecified atom stereocenters. The van der Waals surface area contributed by atoms with E-state index < -0.39 is 0 Å². The summed E-state index contributed by atoms with van der Waals surface area (Å²) in [5, 5.41) is 10.1. The normalized spacial score (nSPS) is 11.1. The van der Waals surface area contributed by atoms with Crippen molar-refractivity contribution in [3.8, 4) is 11.4 Å². The van der Waals surface area contributed by atoms with Crippen molar-refractivity contribution in [2.45, 2.75) is 38.9 Å². The molecule has 0 bridgehead atoms. The second-order valence-electron chi connectivity index (χ2n) is 7.27. The number of halogens is 1. The van der Waals surface area contributed by atoms with Crippen LogP contribution in [0.1, 0.15) is 33.5 Å². The summed E-state index contributed by atoms with van der Waals surface area (Å²) in [6.07, 6.45) is 0.809. The van der Waals surface area contributed by atoms with Crippen molar-refractivity contribution in [1.29, 1.82) is 0 Å². The van der Waals surface area contributed by atoms with Gasteiger partial charge in [-0.1, -0.05) is 53.2 Å². The van der Waals surface area contributed by atoms with Gasteiger partial charge in [-0.05, 0) is 50.5 Å². The molecule has 30 heavy (non-hydrogen) atoms. The molecule has 0 atom stereocenters. The van der Waals surface area contributed by atoms with Crippen LogP contribution in [0.15, 0.2) is 41.6 Å². The Balaban J connectivity index is 1.85. The number of aromatic nitrogens is 3. The first-order chi connectivity index (χ1) is 14.4. The summed E-state index contributed by atoms with van der Waals surface area (Å²) in [5.74, 6) is 1.10. The van der Waals surface area contributed by atoms with Gasteiger partial charge in [0.25, 0.3) is 0 Å². The fourth-order valence-corrected chi connectivity index (χ4v) is 4.68. The highest BCUT2D eigenvalue weighted by Crippen LogP contribution is 2.30. The van der Waals surface area contributed by atoms with Gasteiger partial charge in [-0.15, -0.1) is 10.2 Å². The fraction of sp³-hybridized carbons (Fsp3) is 0.348. The van der Waals surface area contributed by atoms with Crippen LogP contribution >= 0.6 is 23.4 Å². The van der Waals surface area contributed by atoms with Crippen LogP contribution in [-0.2, 0) is 11.3 Å². The summed E-state index contributed by atoms with van der Waals surface area (Å²) in [4.78, 5) is 13.0. The quantitative estimate of drug-likeness (QED) is 0.247. The molecular weight excluding hydrogens is 418 g/mol. The average Bonchev–Trinajstić information content (AvgIpc) is 3.09. The van der Waals surface area contributed by atoms with E-state index in [9.17, 15) is 4.79 Å². The van der Waals surface area contributed by atoms with Crippen molar-refractivity contribution in [2.24, 2.45) is 0 Å². The van der Waals surface area contributed by atoms with Gasteiger partial charge in [0.15, 0.2) is 16.8 Å². The number of carbonyl (C=O) groups excluding carboxylic acids is 1. The lowest BCUT2D eigenvalue weighted by Crippen LogP contribution is -2.10. The van der Waals surface area contributed by atoms with E-state index in [-0.39, 0.29) is 5.78 Å². The number of ketones is 1. The number of hydrogen-bond donors (Lipinski definition) is 0. The van der Waals surface area contributed by atoms with Crippen molar-refractivity contribution >= 4 is 29.1 Å². The fourth-order valence-electron chi connectivity index (χ4n) is 3.63. The second-order valence-corrected chi connectivity index (χ2v) is 8.62. The lowest BCUT2D eigenvalue weighted by Gasteiger charge is -2.12. The molecule has 2 aromatic carbocycles. The minimum absolute atomic E-state index is 0.0979. The third kappa shape index (κ3) is 5.12. The van der Waals surface area contributed by atoms with Gasteiger partial charge in [0.1, 0.15) is 0 Å². The first kappa shape index (κ1) is 22.5. The van der Waals surface area contributed by atoms with E-state index in [0.29, 0.717) is 34.9 Å². The summed E-state index contributed by atoms with van der Waals surface area (Å²) in [7, 11) is 1.68. The first-order valence-electron chi connectivity index (χ1n) is 9.83. The Labute approximate surface area is 186 Å². The van der Waals surface area contributed by atoms with Gasteiger partial charge in [0.2, 0.25) is 0 Å². The zero-order chi connectivity index (χ0) is 21.7. The molecule has 3 aromatic rings. The number of benzene rings is 2. The van der Waals surface area contributed by atoms with Crippen LogP contribution in [0, 0.1) is 20.8 Å². The van der Waals surface area contributed by atoms with E-state index in [1.165, 1.54) is 11.8 Å². The third-order valence-corrected chi connectivity index (χ3v) is 6.15. The Hall–Kier alpha value is -2.15. The SMILES string of the molecule is COCCCn1c(SCC(=O)c2c(C)cc(C)cc2C)nnc1-c1ccccc1Cl. The summed E-state index contributed by atoms with van der Waals surface area (Å²) < 4.78 is 7.22. The molecule has 5 nitrogen and oxygen atoms in total. The number of carbonyl (C=O) groups is 1. The molecule has 3 rings (SSSR count). The zero-order valence-corrected chi connectivity index (χ0v) is 19.3. The van der Waals surface area contributed by atoms with Gasteiger partial charge in [0.05, 0.1) is 10.8 Å². The van der Waals surface area contributed by atoms with E-state index in [0.717, 1.165) is 34.2 Å². The number of ether oxygens (including phenoxy) is 1. The third-order valence-electron chi connectivity index (χ3n) is 4.85. The minimum atomic E-state index is 0.0979. The molecule has 1 aromatic heterocycles. The number of hydrogen-bond acceptors (Lipinski definition) is 5. The molecule has 0 fully saturated rings. The topological polar surface area (TPSA) is 57.0 Å². The molecule has 0 aliphatic heterocycles. The molecule has 7 heteroatoms. The van der Waals surface area contributed by atoms with Crippen molar-refractivity contribution in [2.75, 3.05) is 19.5 Å². The number of rotatable bonds is 9. The van der Waals surface area contributed by atoms with Crippen molar-refractivity contribution < 1.29 is 9.53 Å². The Kier molecular flexibility index (Phi) is 7.69. The summed E-state index contributed by atoms with van der Waals surface area (Å²) >= 11 is 7.80. The van der Waals surface area contributed by atoms with Gasteiger partial charge >= 0.3 is 0 Å². The highest BCUT2D eigenvalue weighted by molar-refractivity contribution is 7.99. The number of thioether (sulfide) groups is 1. The zero-order valence-electron chi connectivity index (χ0n) is 17.7. The lowest BCUT2D eigenvalue weighted by atomic mass is 9.97. The smallest absolute Gasteiger partial charge is 0.191 e. The van der Waals surface area contributed by atoms with E-state index in [1.807, 2.05) is 61.7 Å². The lowest BCUT2D eigenvalue weighted by molar-refractivity contribution is 0.102. The number of nitrogens with zero attached hydrogens (tertiary/aromatic N) is 3.